The maximum absolute atomic E-state index is 10.9. The minimum atomic E-state index is 0.353. The maximum Gasteiger partial charge on any atom is 0.123 e. The predicted molar refractivity (Wildman–Crippen MR) is 72.2 cm³/mol. The molecule has 0 bridgehead atoms. The second-order valence-electron chi connectivity index (χ2n) is 5.72. The van der Waals surface area contributed by atoms with E-state index < -0.39 is 0 Å². The first-order valence-electron chi connectivity index (χ1n) is 7.12. The van der Waals surface area contributed by atoms with Crippen molar-refractivity contribution in [3.05, 3.63) is 35.9 Å². The molecule has 0 amide bonds. The van der Waals surface area contributed by atoms with Gasteiger partial charge in [0.1, 0.15) is 6.29 Å². The van der Waals surface area contributed by atoms with Gasteiger partial charge in [-0.3, -0.25) is 4.90 Å². The fourth-order valence-corrected chi connectivity index (χ4v) is 3.35. The zero-order valence-electron chi connectivity index (χ0n) is 10.8. The van der Waals surface area contributed by atoms with Crippen molar-refractivity contribution in [2.75, 3.05) is 6.54 Å². The van der Waals surface area contributed by atoms with Crippen LogP contribution in [0, 0.1) is 11.8 Å². The van der Waals surface area contributed by atoms with Gasteiger partial charge in [-0.25, -0.2) is 0 Å². The normalized spacial score (nSPS) is 32.1. The molecule has 1 saturated heterocycles. The summed E-state index contributed by atoms with van der Waals surface area (Å²) in [4.78, 5) is 13.5. The number of hydrogen-bond donors (Lipinski definition) is 0. The van der Waals surface area contributed by atoms with Crippen LogP contribution >= 0.6 is 0 Å². The Kier molecular flexibility index (Phi) is 3.46. The van der Waals surface area contributed by atoms with E-state index in [1.54, 1.807) is 0 Å². The van der Waals surface area contributed by atoms with E-state index in [4.69, 9.17) is 0 Å². The second kappa shape index (κ2) is 5.23. The van der Waals surface area contributed by atoms with Crippen molar-refractivity contribution in [2.45, 2.75) is 38.3 Å². The SMILES string of the molecule is O=CC1CC1C1CCCCN1Cc1ccccc1. The number of likely N-dealkylation sites (tertiary alicyclic amines) is 1. The van der Waals surface area contributed by atoms with Gasteiger partial charge in [0.25, 0.3) is 0 Å². The fourth-order valence-electron chi connectivity index (χ4n) is 3.35. The Balaban J connectivity index is 1.67. The van der Waals surface area contributed by atoms with Crippen LogP contribution in [0.3, 0.4) is 0 Å². The van der Waals surface area contributed by atoms with Crippen LogP contribution in [-0.4, -0.2) is 23.8 Å². The lowest BCUT2D eigenvalue weighted by atomic mass is 9.96. The number of rotatable bonds is 4. The second-order valence-corrected chi connectivity index (χ2v) is 5.72. The first-order valence-corrected chi connectivity index (χ1v) is 7.12. The van der Waals surface area contributed by atoms with E-state index in [9.17, 15) is 4.79 Å². The Morgan fingerprint density at radius 3 is 2.78 bits per heavy atom. The van der Waals surface area contributed by atoms with E-state index in [-0.39, 0.29) is 0 Å². The summed E-state index contributed by atoms with van der Waals surface area (Å²) in [6.45, 7) is 2.25. The lowest BCUT2D eigenvalue weighted by Gasteiger charge is -2.36. The summed E-state index contributed by atoms with van der Waals surface area (Å²) in [7, 11) is 0. The van der Waals surface area contributed by atoms with Crippen LogP contribution in [-0.2, 0) is 11.3 Å². The summed E-state index contributed by atoms with van der Waals surface area (Å²) >= 11 is 0. The van der Waals surface area contributed by atoms with E-state index in [0.29, 0.717) is 17.9 Å². The highest BCUT2D eigenvalue weighted by Gasteiger charge is 2.45. The van der Waals surface area contributed by atoms with E-state index in [2.05, 4.69) is 35.2 Å². The zero-order chi connectivity index (χ0) is 12.4. The van der Waals surface area contributed by atoms with Gasteiger partial charge in [-0.1, -0.05) is 36.8 Å². The van der Waals surface area contributed by atoms with E-state index in [1.807, 2.05) is 0 Å². The molecule has 1 aromatic carbocycles. The van der Waals surface area contributed by atoms with Crippen molar-refractivity contribution >= 4 is 6.29 Å². The van der Waals surface area contributed by atoms with Crippen molar-refractivity contribution in [1.82, 2.24) is 4.90 Å². The first-order chi connectivity index (χ1) is 8.88. The summed E-state index contributed by atoms with van der Waals surface area (Å²) < 4.78 is 0. The van der Waals surface area contributed by atoms with Crippen LogP contribution in [0.5, 0.6) is 0 Å². The standard InChI is InChI=1S/C16H21NO/c18-12-14-10-15(14)16-8-4-5-9-17(16)11-13-6-2-1-3-7-13/h1-3,6-7,12,14-16H,4-5,8-11H2. The van der Waals surface area contributed by atoms with Crippen LogP contribution < -0.4 is 0 Å². The smallest absolute Gasteiger partial charge is 0.123 e. The summed E-state index contributed by atoms with van der Waals surface area (Å²) in [5.41, 5.74) is 1.40. The van der Waals surface area contributed by atoms with Crippen molar-refractivity contribution in [3.63, 3.8) is 0 Å². The number of nitrogens with zero attached hydrogens (tertiary/aromatic N) is 1. The van der Waals surface area contributed by atoms with Crippen molar-refractivity contribution in [1.29, 1.82) is 0 Å². The molecule has 2 aliphatic rings. The molecule has 0 aromatic heterocycles. The molecule has 1 aliphatic carbocycles. The predicted octanol–water partition coefficient (Wildman–Crippen LogP) is 2.88. The molecule has 0 radical (unpaired) electrons. The summed E-state index contributed by atoms with van der Waals surface area (Å²) in [5.74, 6) is 0.998. The highest BCUT2D eigenvalue weighted by atomic mass is 16.1. The highest BCUT2D eigenvalue weighted by Crippen LogP contribution is 2.44. The van der Waals surface area contributed by atoms with Gasteiger partial charge in [-0.05, 0) is 37.3 Å². The van der Waals surface area contributed by atoms with Gasteiger partial charge in [0.05, 0.1) is 0 Å². The molecular formula is C16H21NO. The van der Waals surface area contributed by atoms with Gasteiger partial charge < -0.3 is 4.79 Å². The number of carbonyl (C=O) groups excluding carboxylic acids is 1. The van der Waals surface area contributed by atoms with Gasteiger partial charge in [0.15, 0.2) is 0 Å². The third-order valence-corrected chi connectivity index (χ3v) is 4.45. The van der Waals surface area contributed by atoms with Crippen LogP contribution in [0.15, 0.2) is 30.3 Å². The van der Waals surface area contributed by atoms with E-state index in [0.717, 1.165) is 13.0 Å². The van der Waals surface area contributed by atoms with Crippen LogP contribution in [0.25, 0.3) is 0 Å². The molecule has 3 unspecified atom stereocenters. The third-order valence-electron chi connectivity index (χ3n) is 4.45. The average molecular weight is 243 g/mol. The van der Waals surface area contributed by atoms with Crippen molar-refractivity contribution < 1.29 is 4.79 Å². The molecule has 3 atom stereocenters. The van der Waals surface area contributed by atoms with E-state index >= 15 is 0 Å². The average Bonchev–Trinajstić information content (AvgIpc) is 3.20. The van der Waals surface area contributed by atoms with Crippen molar-refractivity contribution in [3.8, 4) is 0 Å². The monoisotopic (exact) mass is 243 g/mol. The molecule has 2 nitrogen and oxygen atoms in total. The lowest BCUT2D eigenvalue weighted by molar-refractivity contribution is -0.109. The van der Waals surface area contributed by atoms with Gasteiger partial charge in [-0.2, -0.15) is 0 Å². The Hall–Kier alpha value is -1.15. The third kappa shape index (κ3) is 2.49. The van der Waals surface area contributed by atoms with Gasteiger partial charge >= 0.3 is 0 Å². The molecule has 3 rings (SSSR count). The maximum atomic E-state index is 10.9. The van der Waals surface area contributed by atoms with Gasteiger partial charge in [0.2, 0.25) is 0 Å². The van der Waals surface area contributed by atoms with Gasteiger partial charge in [0, 0.05) is 18.5 Å². The number of carbonyl (C=O) groups is 1. The van der Waals surface area contributed by atoms with Crippen LogP contribution in [0.1, 0.15) is 31.2 Å². The summed E-state index contributed by atoms with van der Waals surface area (Å²) in [5, 5.41) is 0. The molecule has 0 N–H and O–H groups in total. The lowest BCUT2D eigenvalue weighted by Crippen LogP contribution is -2.40. The molecule has 1 aromatic rings. The van der Waals surface area contributed by atoms with Crippen LogP contribution in [0.4, 0.5) is 0 Å². The molecule has 2 fully saturated rings. The molecular weight excluding hydrogens is 222 g/mol. The van der Waals surface area contributed by atoms with Gasteiger partial charge in [-0.15, -0.1) is 0 Å². The Morgan fingerprint density at radius 2 is 2.06 bits per heavy atom. The van der Waals surface area contributed by atoms with Crippen LogP contribution in [0.2, 0.25) is 0 Å². The largest absolute Gasteiger partial charge is 0.303 e. The molecule has 2 heteroatoms. The number of aldehydes is 1. The summed E-state index contributed by atoms with van der Waals surface area (Å²) in [6.07, 6.45) is 6.21. The van der Waals surface area contributed by atoms with Crippen molar-refractivity contribution in [2.24, 2.45) is 11.8 Å². The van der Waals surface area contributed by atoms with E-state index in [1.165, 1.54) is 37.7 Å². The summed E-state index contributed by atoms with van der Waals surface area (Å²) in [6, 6.07) is 11.3. The molecule has 18 heavy (non-hydrogen) atoms. The molecule has 1 saturated carbocycles. The molecule has 0 spiro atoms. The number of piperidine rings is 1. The molecule has 1 aliphatic heterocycles. The minimum Gasteiger partial charge on any atom is -0.303 e. The molecule has 96 valence electrons. The Labute approximate surface area is 109 Å². The first kappa shape index (κ1) is 11.9. The zero-order valence-corrected chi connectivity index (χ0v) is 10.8. The molecule has 1 heterocycles. The number of benzene rings is 1. The quantitative estimate of drug-likeness (QED) is 0.758. The minimum absolute atomic E-state index is 0.353. The Morgan fingerprint density at radius 1 is 1.22 bits per heavy atom. The topological polar surface area (TPSA) is 20.3 Å². The number of hydrogen-bond acceptors (Lipinski definition) is 2. The Bertz CT molecular complexity index is 403. The fraction of sp³-hybridized carbons (Fsp3) is 0.562. The highest BCUT2D eigenvalue weighted by molar-refractivity contribution is 5.58.